The van der Waals surface area contributed by atoms with Gasteiger partial charge in [-0.05, 0) is 19.1 Å². The standard InChI is InChI=1S/C14H17N5O6S/c1-9-15-12(18-14(16-9)24-3)17-13(20)19-26(21,22)11-7-5-4-6-10(11)25-8-23-2/h4-7H,8H2,1-3H3,(H2,15,16,17,18,19,20). The molecule has 0 bridgehead atoms. The molecule has 0 aliphatic carbocycles. The number of benzene rings is 1. The van der Waals surface area contributed by atoms with Crippen molar-refractivity contribution in [2.75, 3.05) is 26.3 Å². The highest BCUT2D eigenvalue weighted by Gasteiger charge is 2.22. The van der Waals surface area contributed by atoms with E-state index in [9.17, 15) is 13.2 Å². The molecule has 2 rings (SSSR count). The van der Waals surface area contributed by atoms with E-state index in [0.717, 1.165) is 0 Å². The van der Waals surface area contributed by atoms with Gasteiger partial charge in [0.25, 0.3) is 10.0 Å². The maximum absolute atomic E-state index is 12.4. The third-order valence-corrected chi connectivity index (χ3v) is 4.20. The van der Waals surface area contributed by atoms with Crippen molar-refractivity contribution in [2.24, 2.45) is 0 Å². The first kappa shape index (κ1) is 19.3. The molecule has 2 aromatic rings. The van der Waals surface area contributed by atoms with Crippen molar-refractivity contribution >= 4 is 22.0 Å². The van der Waals surface area contributed by atoms with Crippen molar-refractivity contribution in [3.63, 3.8) is 0 Å². The van der Waals surface area contributed by atoms with Gasteiger partial charge in [0, 0.05) is 7.11 Å². The number of aryl methyl sites for hydroxylation is 1. The first-order chi connectivity index (χ1) is 12.4. The number of hydrogen-bond acceptors (Lipinski definition) is 9. The molecular weight excluding hydrogens is 366 g/mol. The van der Waals surface area contributed by atoms with Crippen LogP contribution in [0, 0.1) is 6.92 Å². The smallest absolute Gasteiger partial charge is 0.335 e. The van der Waals surface area contributed by atoms with Gasteiger partial charge in [0.15, 0.2) is 6.79 Å². The van der Waals surface area contributed by atoms with E-state index in [1.807, 2.05) is 4.72 Å². The molecule has 0 fully saturated rings. The molecule has 26 heavy (non-hydrogen) atoms. The molecule has 0 saturated heterocycles. The van der Waals surface area contributed by atoms with E-state index in [4.69, 9.17) is 14.2 Å². The van der Waals surface area contributed by atoms with Crippen molar-refractivity contribution in [2.45, 2.75) is 11.8 Å². The molecule has 11 nitrogen and oxygen atoms in total. The van der Waals surface area contributed by atoms with Crippen LogP contribution in [0.5, 0.6) is 11.8 Å². The number of aromatic nitrogens is 3. The molecule has 0 atom stereocenters. The summed E-state index contributed by atoms with van der Waals surface area (Å²) in [5.74, 6) is 0.159. The Bertz CT molecular complexity index is 889. The molecule has 0 radical (unpaired) electrons. The lowest BCUT2D eigenvalue weighted by Gasteiger charge is -2.12. The largest absolute Gasteiger partial charge is 0.467 e. The van der Waals surface area contributed by atoms with Crippen molar-refractivity contribution in [3.05, 3.63) is 30.1 Å². The average molecular weight is 383 g/mol. The first-order valence-corrected chi connectivity index (χ1v) is 8.65. The number of urea groups is 1. The minimum atomic E-state index is -4.21. The van der Waals surface area contributed by atoms with Gasteiger partial charge in [-0.25, -0.2) is 17.9 Å². The van der Waals surface area contributed by atoms with Gasteiger partial charge in [-0.2, -0.15) is 15.0 Å². The summed E-state index contributed by atoms with van der Waals surface area (Å²) in [6, 6.07) is 4.73. The topological polar surface area (TPSA) is 142 Å². The second-order valence-corrected chi connectivity index (χ2v) is 6.40. The van der Waals surface area contributed by atoms with Gasteiger partial charge < -0.3 is 14.2 Å². The number of sulfonamides is 1. The van der Waals surface area contributed by atoms with Crippen LogP contribution in [0.25, 0.3) is 0 Å². The Morgan fingerprint density at radius 3 is 2.58 bits per heavy atom. The maximum atomic E-state index is 12.4. The quantitative estimate of drug-likeness (QED) is 0.660. The van der Waals surface area contributed by atoms with Gasteiger partial charge in [-0.1, -0.05) is 12.1 Å². The second kappa shape index (κ2) is 8.40. The van der Waals surface area contributed by atoms with Gasteiger partial charge in [0.1, 0.15) is 16.5 Å². The summed E-state index contributed by atoms with van der Waals surface area (Å²) in [5, 5.41) is 2.21. The molecule has 0 aliphatic heterocycles. The number of para-hydroxylation sites is 1. The lowest BCUT2D eigenvalue weighted by molar-refractivity contribution is 0.0490. The molecule has 1 aromatic heterocycles. The van der Waals surface area contributed by atoms with Crippen LogP contribution in [0.4, 0.5) is 10.7 Å². The zero-order valence-corrected chi connectivity index (χ0v) is 15.0. The van der Waals surface area contributed by atoms with Crippen LogP contribution in [0.15, 0.2) is 29.2 Å². The van der Waals surface area contributed by atoms with E-state index < -0.39 is 16.1 Å². The SMILES string of the molecule is COCOc1ccccc1S(=O)(=O)NC(=O)Nc1nc(C)nc(OC)n1. The van der Waals surface area contributed by atoms with E-state index in [1.165, 1.54) is 32.4 Å². The number of rotatable bonds is 7. The molecule has 140 valence electrons. The molecule has 0 unspecified atom stereocenters. The number of carbonyl (C=O) groups excluding carboxylic acids is 1. The summed E-state index contributed by atoms with van der Waals surface area (Å²) in [6.45, 7) is 1.41. The number of amides is 2. The molecule has 0 spiro atoms. The Balaban J connectivity index is 2.17. The van der Waals surface area contributed by atoms with Crippen LogP contribution in [0.1, 0.15) is 5.82 Å². The van der Waals surface area contributed by atoms with Crippen LogP contribution < -0.4 is 19.5 Å². The summed E-state index contributed by atoms with van der Waals surface area (Å²) < 4.78 is 41.5. The monoisotopic (exact) mass is 383 g/mol. The van der Waals surface area contributed by atoms with E-state index in [0.29, 0.717) is 0 Å². The number of carbonyl (C=O) groups is 1. The van der Waals surface area contributed by atoms with Crippen molar-refractivity contribution < 1.29 is 27.4 Å². The van der Waals surface area contributed by atoms with Crippen LogP contribution in [0.3, 0.4) is 0 Å². The zero-order valence-electron chi connectivity index (χ0n) is 14.2. The van der Waals surface area contributed by atoms with Crippen LogP contribution in [-0.2, 0) is 14.8 Å². The summed E-state index contributed by atoms with van der Waals surface area (Å²) >= 11 is 0. The Labute approximate surface area is 149 Å². The van der Waals surface area contributed by atoms with Gasteiger partial charge in [-0.3, -0.25) is 5.32 Å². The predicted molar refractivity (Wildman–Crippen MR) is 89.4 cm³/mol. The summed E-state index contributed by atoms with van der Waals surface area (Å²) in [7, 11) is -1.47. The molecule has 0 saturated carbocycles. The first-order valence-electron chi connectivity index (χ1n) is 7.17. The van der Waals surface area contributed by atoms with E-state index in [2.05, 4.69) is 20.3 Å². The van der Waals surface area contributed by atoms with Gasteiger partial charge in [0.05, 0.1) is 7.11 Å². The molecular formula is C14H17N5O6S. The molecule has 0 aliphatic rings. The number of hydrogen-bond donors (Lipinski definition) is 2. The zero-order chi connectivity index (χ0) is 19.2. The van der Waals surface area contributed by atoms with E-state index >= 15 is 0 Å². The number of nitrogens with zero attached hydrogens (tertiary/aromatic N) is 3. The number of anilines is 1. The fourth-order valence-electron chi connectivity index (χ4n) is 1.82. The number of ether oxygens (including phenoxy) is 3. The van der Waals surface area contributed by atoms with Gasteiger partial charge in [-0.15, -0.1) is 0 Å². The molecule has 1 aromatic carbocycles. The van der Waals surface area contributed by atoms with Crippen molar-refractivity contribution in [3.8, 4) is 11.8 Å². The Hall–Kier alpha value is -2.99. The third-order valence-electron chi connectivity index (χ3n) is 2.83. The fraction of sp³-hybridized carbons (Fsp3) is 0.286. The molecule has 12 heteroatoms. The Morgan fingerprint density at radius 1 is 1.15 bits per heavy atom. The minimum Gasteiger partial charge on any atom is -0.467 e. The highest BCUT2D eigenvalue weighted by molar-refractivity contribution is 7.90. The van der Waals surface area contributed by atoms with Gasteiger partial charge in [0.2, 0.25) is 5.95 Å². The number of methoxy groups -OCH3 is 2. The molecule has 2 N–H and O–H groups in total. The summed E-state index contributed by atoms with van der Waals surface area (Å²) in [4.78, 5) is 23.3. The lowest BCUT2D eigenvalue weighted by atomic mass is 10.3. The highest BCUT2D eigenvalue weighted by Crippen LogP contribution is 2.23. The lowest BCUT2D eigenvalue weighted by Crippen LogP contribution is -2.35. The van der Waals surface area contributed by atoms with E-state index in [1.54, 1.807) is 13.0 Å². The minimum absolute atomic E-state index is 0.0195. The second-order valence-electron chi connectivity index (χ2n) is 4.75. The van der Waals surface area contributed by atoms with Gasteiger partial charge >= 0.3 is 12.0 Å². The number of nitrogens with one attached hydrogen (secondary N) is 2. The van der Waals surface area contributed by atoms with Crippen LogP contribution >= 0.6 is 0 Å². The highest BCUT2D eigenvalue weighted by atomic mass is 32.2. The van der Waals surface area contributed by atoms with E-state index in [-0.39, 0.29) is 35.2 Å². The molecule has 1 heterocycles. The third kappa shape index (κ3) is 5.00. The Morgan fingerprint density at radius 2 is 1.88 bits per heavy atom. The maximum Gasteiger partial charge on any atom is 0.335 e. The van der Waals surface area contributed by atoms with Crippen molar-refractivity contribution in [1.82, 2.24) is 19.7 Å². The van der Waals surface area contributed by atoms with Crippen LogP contribution in [0.2, 0.25) is 0 Å². The Kier molecular flexibility index (Phi) is 6.25. The van der Waals surface area contributed by atoms with Crippen LogP contribution in [-0.4, -0.2) is 50.4 Å². The van der Waals surface area contributed by atoms with Crippen molar-refractivity contribution in [1.29, 1.82) is 0 Å². The normalized spacial score (nSPS) is 10.9. The summed E-state index contributed by atoms with van der Waals surface area (Å²) in [6.07, 6.45) is 0. The molecule has 2 amide bonds. The predicted octanol–water partition coefficient (Wildman–Crippen LogP) is 0.682. The average Bonchev–Trinajstić information content (AvgIpc) is 2.59. The fourth-order valence-corrected chi connectivity index (χ4v) is 2.88. The summed E-state index contributed by atoms with van der Waals surface area (Å²) in [5.41, 5.74) is 0.